The van der Waals surface area contributed by atoms with Crippen LogP contribution in [0.2, 0.25) is 0 Å². The lowest BCUT2D eigenvalue weighted by Gasteiger charge is -2.11. The maximum atomic E-state index is 8.98. The molecule has 2 N–H and O–H groups in total. The first-order valence-corrected chi connectivity index (χ1v) is 4.83. The van der Waals surface area contributed by atoms with Crippen LogP contribution in [0, 0.1) is 0 Å². The Bertz CT molecular complexity index is 279. The average Bonchev–Trinajstić information content (AvgIpc) is 2.71. The van der Waals surface area contributed by atoms with Crippen molar-refractivity contribution in [2.75, 3.05) is 6.54 Å². The first-order chi connectivity index (χ1) is 6.40. The Kier molecular flexibility index (Phi) is 2.62. The third kappa shape index (κ3) is 1.90. The highest BCUT2D eigenvalue weighted by molar-refractivity contribution is 5.26. The zero-order valence-electron chi connectivity index (χ0n) is 7.66. The van der Waals surface area contributed by atoms with E-state index in [9.17, 15) is 0 Å². The zero-order chi connectivity index (χ0) is 9.10. The molecule has 0 amide bonds. The third-order valence-corrected chi connectivity index (χ3v) is 2.60. The topological polar surface area (TPSA) is 32.3 Å². The minimum atomic E-state index is 0.139. The van der Waals surface area contributed by atoms with Gasteiger partial charge in [-0.25, -0.2) is 0 Å². The van der Waals surface area contributed by atoms with Gasteiger partial charge in [-0.1, -0.05) is 24.3 Å². The van der Waals surface area contributed by atoms with E-state index in [2.05, 4.69) is 17.4 Å². The highest BCUT2D eigenvalue weighted by atomic mass is 16.3. The minimum absolute atomic E-state index is 0.139. The summed E-state index contributed by atoms with van der Waals surface area (Å²) in [5, 5.41) is 12.4. The van der Waals surface area contributed by atoms with Crippen molar-refractivity contribution < 1.29 is 5.11 Å². The van der Waals surface area contributed by atoms with E-state index in [1.807, 2.05) is 12.1 Å². The van der Waals surface area contributed by atoms with Gasteiger partial charge >= 0.3 is 0 Å². The molecular formula is C11H15NO. The van der Waals surface area contributed by atoms with Crippen molar-refractivity contribution in [3.63, 3.8) is 0 Å². The van der Waals surface area contributed by atoms with E-state index in [4.69, 9.17) is 5.11 Å². The fourth-order valence-corrected chi connectivity index (χ4v) is 1.88. The minimum Gasteiger partial charge on any atom is -0.392 e. The van der Waals surface area contributed by atoms with Crippen LogP contribution in [0.25, 0.3) is 0 Å². The molecule has 0 aromatic heterocycles. The number of aliphatic hydroxyl groups is 1. The van der Waals surface area contributed by atoms with Gasteiger partial charge in [0.25, 0.3) is 0 Å². The second-order valence-electron chi connectivity index (χ2n) is 3.55. The van der Waals surface area contributed by atoms with Crippen LogP contribution in [-0.2, 0) is 6.61 Å². The fraction of sp³-hybridized carbons (Fsp3) is 0.455. The smallest absolute Gasteiger partial charge is 0.0681 e. The van der Waals surface area contributed by atoms with Crippen molar-refractivity contribution >= 4 is 0 Å². The molecular weight excluding hydrogens is 162 g/mol. The molecule has 2 nitrogen and oxygen atoms in total. The highest BCUT2D eigenvalue weighted by Gasteiger charge is 2.15. The number of rotatable bonds is 2. The van der Waals surface area contributed by atoms with Crippen LogP contribution in [0.3, 0.4) is 0 Å². The summed E-state index contributed by atoms with van der Waals surface area (Å²) in [6, 6.07) is 8.69. The van der Waals surface area contributed by atoms with Crippen molar-refractivity contribution in [2.24, 2.45) is 0 Å². The predicted octanol–water partition coefficient (Wildman–Crippen LogP) is 1.60. The Balaban J connectivity index is 2.18. The van der Waals surface area contributed by atoms with E-state index in [0.29, 0.717) is 6.04 Å². The SMILES string of the molecule is OCc1cccc([C@H]2CCCN2)c1. The number of nitrogens with one attached hydrogen (secondary N) is 1. The molecule has 70 valence electrons. The van der Waals surface area contributed by atoms with Gasteiger partial charge in [-0.05, 0) is 30.5 Å². The van der Waals surface area contributed by atoms with E-state index >= 15 is 0 Å². The van der Waals surface area contributed by atoms with E-state index < -0.39 is 0 Å². The van der Waals surface area contributed by atoms with Crippen LogP contribution >= 0.6 is 0 Å². The van der Waals surface area contributed by atoms with Crippen molar-refractivity contribution in [3.05, 3.63) is 35.4 Å². The number of hydrogen-bond acceptors (Lipinski definition) is 2. The molecule has 13 heavy (non-hydrogen) atoms. The zero-order valence-corrected chi connectivity index (χ0v) is 7.66. The molecule has 2 rings (SSSR count). The number of benzene rings is 1. The summed E-state index contributed by atoms with van der Waals surface area (Å²) < 4.78 is 0. The lowest BCUT2D eigenvalue weighted by molar-refractivity contribution is 0.281. The van der Waals surface area contributed by atoms with Gasteiger partial charge in [0.15, 0.2) is 0 Å². The Hall–Kier alpha value is -0.860. The number of hydrogen-bond donors (Lipinski definition) is 2. The molecule has 1 aliphatic rings. The van der Waals surface area contributed by atoms with Gasteiger partial charge in [-0.3, -0.25) is 0 Å². The normalized spacial score (nSPS) is 22.1. The molecule has 2 heteroatoms. The van der Waals surface area contributed by atoms with E-state index in [1.54, 1.807) is 0 Å². The largest absolute Gasteiger partial charge is 0.392 e. The van der Waals surface area contributed by atoms with Gasteiger partial charge in [-0.15, -0.1) is 0 Å². The Morgan fingerprint density at radius 3 is 3.08 bits per heavy atom. The summed E-state index contributed by atoms with van der Waals surface area (Å²) in [5.41, 5.74) is 2.32. The van der Waals surface area contributed by atoms with Crippen LogP contribution < -0.4 is 5.32 Å². The summed E-state index contributed by atoms with van der Waals surface area (Å²) in [7, 11) is 0. The van der Waals surface area contributed by atoms with Crippen LogP contribution in [0.5, 0.6) is 0 Å². The van der Waals surface area contributed by atoms with Gasteiger partial charge in [0, 0.05) is 6.04 Å². The second-order valence-corrected chi connectivity index (χ2v) is 3.55. The lowest BCUT2D eigenvalue weighted by Crippen LogP contribution is -2.12. The first kappa shape index (κ1) is 8.73. The first-order valence-electron chi connectivity index (χ1n) is 4.83. The third-order valence-electron chi connectivity index (χ3n) is 2.60. The lowest BCUT2D eigenvalue weighted by atomic mass is 10.0. The summed E-state index contributed by atoms with van der Waals surface area (Å²) >= 11 is 0. The molecule has 1 aromatic rings. The summed E-state index contributed by atoms with van der Waals surface area (Å²) in [6.45, 7) is 1.26. The van der Waals surface area contributed by atoms with Gasteiger partial charge in [0.1, 0.15) is 0 Å². The fourth-order valence-electron chi connectivity index (χ4n) is 1.88. The highest BCUT2D eigenvalue weighted by Crippen LogP contribution is 2.23. The quantitative estimate of drug-likeness (QED) is 0.719. The average molecular weight is 177 g/mol. The summed E-state index contributed by atoms with van der Waals surface area (Å²) in [6.07, 6.45) is 2.48. The molecule has 0 bridgehead atoms. The predicted molar refractivity (Wildman–Crippen MR) is 52.3 cm³/mol. The summed E-state index contributed by atoms with van der Waals surface area (Å²) in [5.74, 6) is 0. The number of aliphatic hydroxyl groups excluding tert-OH is 1. The van der Waals surface area contributed by atoms with E-state index in [0.717, 1.165) is 12.1 Å². The van der Waals surface area contributed by atoms with E-state index in [-0.39, 0.29) is 6.61 Å². The van der Waals surface area contributed by atoms with Gasteiger partial charge in [-0.2, -0.15) is 0 Å². The monoisotopic (exact) mass is 177 g/mol. The molecule has 1 saturated heterocycles. The molecule has 0 spiro atoms. The van der Waals surface area contributed by atoms with E-state index in [1.165, 1.54) is 18.4 Å². The molecule has 0 radical (unpaired) electrons. The molecule has 0 aliphatic carbocycles. The Morgan fingerprint density at radius 1 is 1.46 bits per heavy atom. The molecule has 1 aromatic carbocycles. The van der Waals surface area contributed by atoms with Crippen molar-refractivity contribution in [1.82, 2.24) is 5.32 Å². The van der Waals surface area contributed by atoms with Crippen molar-refractivity contribution in [1.29, 1.82) is 0 Å². The van der Waals surface area contributed by atoms with Crippen LogP contribution in [-0.4, -0.2) is 11.7 Å². The van der Waals surface area contributed by atoms with Gasteiger partial charge in [0.2, 0.25) is 0 Å². The van der Waals surface area contributed by atoms with Crippen molar-refractivity contribution in [3.8, 4) is 0 Å². The standard InChI is InChI=1S/C11H15NO/c13-8-9-3-1-4-10(7-9)11-5-2-6-12-11/h1,3-4,7,11-13H,2,5-6,8H2/t11-/m1/s1. The molecule has 1 atom stereocenters. The Morgan fingerprint density at radius 2 is 2.38 bits per heavy atom. The van der Waals surface area contributed by atoms with Crippen molar-refractivity contribution in [2.45, 2.75) is 25.5 Å². The molecule has 1 aliphatic heterocycles. The molecule has 0 unspecified atom stereocenters. The maximum absolute atomic E-state index is 8.98. The second kappa shape index (κ2) is 3.90. The maximum Gasteiger partial charge on any atom is 0.0681 e. The van der Waals surface area contributed by atoms with Crippen LogP contribution in [0.1, 0.15) is 30.0 Å². The van der Waals surface area contributed by atoms with Crippen LogP contribution in [0.15, 0.2) is 24.3 Å². The molecule has 1 fully saturated rings. The van der Waals surface area contributed by atoms with Crippen LogP contribution in [0.4, 0.5) is 0 Å². The Labute approximate surface area is 78.6 Å². The van der Waals surface area contributed by atoms with Gasteiger partial charge < -0.3 is 10.4 Å². The summed E-state index contributed by atoms with van der Waals surface area (Å²) in [4.78, 5) is 0. The molecule has 0 saturated carbocycles. The van der Waals surface area contributed by atoms with Gasteiger partial charge in [0.05, 0.1) is 6.61 Å². The molecule has 1 heterocycles.